The van der Waals surface area contributed by atoms with E-state index >= 15 is 0 Å². The van der Waals surface area contributed by atoms with Crippen LogP contribution in [0.1, 0.15) is 39.5 Å². The number of ether oxygens (including phenoxy) is 1. The van der Waals surface area contributed by atoms with Gasteiger partial charge >= 0.3 is 0 Å². The first kappa shape index (κ1) is 13.1. The van der Waals surface area contributed by atoms with Crippen LogP contribution in [-0.4, -0.2) is 11.9 Å². The van der Waals surface area contributed by atoms with Gasteiger partial charge in [-0.1, -0.05) is 0 Å². The number of hydrogen-bond donors (Lipinski definition) is 0. The molecule has 0 atom stereocenters. The molecule has 0 amide bonds. The monoisotopic (exact) mass is 284 g/mol. The molecular weight excluding hydrogens is 268 g/mol. The highest BCUT2D eigenvalue weighted by Gasteiger charge is 2.27. The first-order chi connectivity index (χ1) is 9.48. The summed E-state index contributed by atoms with van der Waals surface area (Å²) < 4.78 is 5.99. The molecule has 1 aromatic heterocycles. The number of carbonyl (C=O) groups excluding carboxylic acids is 1. The Labute approximate surface area is 122 Å². The number of fused-ring (bicyclic) bond motifs is 1. The fourth-order valence-corrected chi connectivity index (χ4v) is 3.34. The van der Waals surface area contributed by atoms with E-state index in [1.807, 2.05) is 26.0 Å². The lowest BCUT2D eigenvalue weighted by Gasteiger charge is -2.31. The third-order valence-electron chi connectivity index (χ3n) is 3.30. The average Bonchev–Trinajstić information content (AvgIpc) is 2.83. The zero-order valence-corrected chi connectivity index (χ0v) is 12.6. The topological polar surface area (TPSA) is 26.3 Å². The molecule has 2 heterocycles. The molecule has 3 rings (SSSR count). The van der Waals surface area contributed by atoms with Gasteiger partial charge in [0, 0.05) is 26.5 Å². The van der Waals surface area contributed by atoms with Crippen molar-refractivity contribution in [2.45, 2.75) is 26.4 Å². The summed E-state index contributed by atoms with van der Waals surface area (Å²) >= 11 is 1.76. The van der Waals surface area contributed by atoms with Crippen LogP contribution in [0, 0.1) is 6.92 Å². The minimum Gasteiger partial charge on any atom is -0.483 e. The number of aldehydes is 1. The second-order valence-corrected chi connectivity index (χ2v) is 6.84. The molecule has 0 N–H and O–H groups in total. The summed E-state index contributed by atoms with van der Waals surface area (Å²) in [5.74, 6) is 0.837. The highest BCUT2D eigenvalue weighted by Crippen LogP contribution is 2.41. The summed E-state index contributed by atoms with van der Waals surface area (Å²) in [5, 5.41) is 0. The Balaban J connectivity index is 2.21. The van der Waals surface area contributed by atoms with Crippen LogP contribution in [0.4, 0.5) is 0 Å². The Morgan fingerprint density at radius 2 is 2.00 bits per heavy atom. The Morgan fingerprint density at radius 1 is 1.20 bits per heavy atom. The average molecular weight is 284 g/mol. The summed E-state index contributed by atoms with van der Waals surface area (Å²) in [6, 6.07) is 9.83. The molecule has 0 radical (unpaired) electrons. The van der Waals surface area contributed by atoms with Crippen LogP contribution in [-0.2, 0) is 0 Å². The van der Waals surface area contributed by atoms with Gasteiger partial charge in [-0.15, -0.1) is 11.3 Å². The van der Waals surface area contributed by atoms with Crippen molar-refractivity contribution in [3.8, 4) is 5.75 Å². The van der Waals surface area contributed by atoms with E-state index in [0.717, 1.165) is 23.2 Å². The molecular formula is C17H16O2S. The zero-order chi connectivity index (χ0) is 14.3. The van der Waals surface area contributed by atoms with E-state index in [0.29, 0.717) is 5.56 Å². The van der Waals surface area contributed by atoms with Gasteiger partial charge in [0.1, 0.15) is 17.6 Å². The number of thiophene rings is 1. The van der Waals surface area contributed by atoms with Crippen molar-refractivity contribution in [1.82, 2.24) is 0 Å². The fraction of sp³-hybridized carbons (Fsp3) is 0.235. The SMILES string of the molecule is Cc1ccc(C2=CC(C)(C)Oc3ccc(C=O)cc32)s1. The summed E-state index contributed by atoms with van der Waals surface area (Å²) in [6.07, 6.45) is 3.01. The highest BCUT2D eigenvalue weighted by atomic mass is 32.1. The van der Waals surface area contributed by atoms with Gasteiger partial charge in [0.05, 0.1) is 0 Å². The molecule has 0 saturated heterocycles. The van der Waals surface area contributed by atoms with Crippen LogP contribution in [0.15, 0.2) is 36.4 Å². The van der Waals surface area contributed by atoms with Gasteiger partial charge in [0.25, 0.3) is 0 Å². The Kier molecular flexibility index (Phi) is 3.02. The van der Waals surface area contributed by atoms with Gasteiger partial charge in [0.15, 0.2) is 0 Å². The molecule has 0 unspecified atom stereocenters. The second kappa shape index (κ2) is 4.60. The molecule has 1 aliphatic rings. The molecule has 1 aromatic carbocycles. The zero-order valence-electron chi connectivity index (χ0n) is 11.8. The molecule has 2 aromatic rings. The standard InChI is InChI=1S/C17H16O2S/c1-11-4-7-16(20-11)14-9-17(2,3)19-15-6-5-12(10-18)8-13(14)15/h4-10H,1-3H3. The molecule has 2 nitrogen and oxygen atoms in total. The summed E-state index contributed by atoms with van der Waals surface area (Å²) in [7, 11) is 0. The summed E-state index contributed by atoms with van der Waals surface area (Å²) in [4.78, 5) is 13.5. The number of aryl methyl sites for hydroxylation is 1. The van der Waals surface area contributed by atoms with Crippen molar-refractivity contribution < 1.29 is 9.53 Å². The van der Waals surface area contributed by atoms with E-state index in [1.54, 1.807) is 17.4 Å². The molecule has 3 heteroatoms. The molecule has 0 saturated carbocycles. The maximum Gasteiger partial charge on any atom is 0.150 e. The third-order valence-corrected chi connectivity index (χ3v) is 4.33. The minimum atomic E-state index is -0.344. The third kappa shape index (κ3) is 2.29. The van der Waals surface area contributed by atoms with Gasteiger partial charge in [0.2, 0.25) is 0 Å². The fourth-order valence-electron chi connectivity index (χ4n) is 2.44. The van der Waals surface area contributed by atoms with Crippen molar-refractivity contribution in [2.24, 2.45) is 0 Å². The van der Waals surface area contributed by atoms with Gasteiger partial charge in [-0.3, -0.25) is 4.79 Å². The molecule has 1 aliphatic heterocycles. The van der Waals surface area contributed by atoms with Crippen molar-refractivity contribution >= 4 is 23.2 Å². The van der Waals surface area contributed by atoms with Crippen molar-refractivity contribution in [2.75, 3.05) is 0 Å². The number of benzene rings is 1. The van der Waals surface area contributed by atoms with Crippen LogP contribution < -0.4 is 4.74 Å². The van der Waals surface area contributed by atoms with Crippen LogP contribution in [0.3, 0.4) is 0 Å². The van der Waals surface area contributed by atoms with Crippen molar-refractivity contribution in [3.63, 3.8) is 0 Å². The quantitative estimate of drug-likeness (QED) is 0.760. The lowest BCUT2D eigenvalue weighted by atomic mass is 9.93. The van der Waals surface area contributed by atoms with E-state index in [9.17, 15) is 4.79 Å². The van der Waals surface area contributed by atoms with Crippen molar-refractivity contribution in [3.05, 3.63) is 57.3 Å². The van der Waals surface area contributed by atoms with Crippen molar-refractivity contribution in [1.29, 1.82) is 0 Å². The molecule has 0 aliphatic carbocycles. The van der Waals surface area contributed by atoms with Gasteiger partial charge in [-0.2, -0.15) is 0 Å². The van der Waals surface area contributed by atoms with E-state index in [2.05, 4.69) is 25.1 Å². The first-order valence-corrected chi connectivity index (χ1v) is 7.38. The van der Waals surface area contributed by atoms with Gasteiger partial charge < -0.3 is 4.74 Å². The number of carbonyl (C=O) groups is 1. The highest BCUT2D eigenvalue weighted by molar-refractivity contribution is 7.13. The lowest BCUT2D eigenvalue weighted by Crippen LogP contribution is -2.29. The molecule has 20 heavy (non-hydrogen) atoms. The smallest absolute Gasteiger partial charge is 0.150 e. The van der Waals surface area contributed by atoms with Gasteiger partial charge in [-0.05, 0) is 57.2 Å². The minimum absolute atomic E-state index is 0.344. The summed E-state index contributed by atoms with van der Waals surface area (Å²) in [6.45, 7) is 6.19. The van der Waals surface area contributed by atoms with Crippen LogP contribution in [0.25, 0.3) is 5.57 Å². The Morgan fingerprint density at radius 3 is 2.65 bits per heavy atom. The lowest BCUT2D eigenvalue weighted by molar-refractivity contribution is 0.112. The van der Waals surface area contributed by atoms with Gasteiger partial charge in [-0.25, -0.2) is 0 Å². The van der Waals surface area contributed by atoms with E-state index in [4.69, 9.17) is 4.74 Å². The second-order valence-electron chi connectivity index (χ2n) is 5.55. The molecule has 0 fully saturated rings. The number of hydrogen-bond acceptors (Lipinski definition) is 3. The van der Waals surface area contributed by atoms with E-state index in [1.165, 1.54) is 9.75 Å². The summed E-state index contributed by atoms with van der Waals surface area (Å²) in [5.41, 5.74) is 2.48. The van der Waals surface area contributed by atoms with Crippen LogP contribution in [0.2, 0.25) is 0 Å². The Hall–Kier alpha value is -1.87. The maximum absolute atomic E-state index is 11.0. The van der Waals surface area contributed by atoms with E-state index in [-0.39, 0.29) is 5.60 Å². The largest absolute Gasteiger partial charge is 0.483 e. The van der Waals surface area contributed by atoms with Crippen LogP contribution >= 0.6 is 11.3 Å². The molecule has 102 valence electrons. The van der Waals surface area contributed by atoms with E-state index < -0.39 is 0 Å². The predicted octanol–water partition coefficient (Wildman–Crippen LogP) is 4.47. The molecule has 0 bridgehead atoms. The molecule has 0 spiro atoms. The number of rotatable bonds is 2. The Bertz CT molecular complexity index is 708. The predicted molar refractivity (Wildman–Crippen MR) is 82.7 cm³/mol. The first-order valence-electron chi connectivity index (χ1n) is 6.57. The normalized spacial score (nSPS) is 16.1. The van der Waals surface area contributed by atoms with Crippen LogP contribution in [0.5, 0.6) is 5.75 Å². The maximum atomic E-state index is 11.0.